The van der Waals surface area contributed by atoms with Crippen LogP contribution in [0.2, 0.25) is 0 Å². The number of benzene rings is 4. The number of H-pyrrole nitrogens is 1. The number of carbonyl (C=O) groups is 3. The smallest absolute Gasteiger partial charge is 0.291 e. The summed E-state index contributed by atoms with van der Waals surface area (Å²) < 4.78 is 11.0. The van der Waals surface area contributed by atoms with Gasteiger partial charge in [-0.3, -0.25) is 38.2 Å². The Hall–Kier alpha value is -8.29. The number of likely N-dealkylation sites (N-methyl/N-ethyl adjacent to an activating group) is 1. The number of carbonyl (C=O) groups excluding carboxylic acids is 3. The number of hydrogen-bond donors (Lipinski definition) is 4. The molecule has 8 aromatic rings. The number of fused-ring (bicyclic) bond motifs is 2. The number of aromatic amines is 1. The summed E-state index contributed by atoms with van der Waals surface area (Å²) >= 11 is 0. The minimum absolute atomic E-state index is 0.00448. The van der Waals surface area contributed by atoms with E-state index in [1.807, 2.05) is 77.4 Å². The van der Waals surface area contributed by atoms with Crippen molar-refractivity contribution in [3.63, 3.8) is 0 Å². The van der Waals surface area contributed by atoms with Crippen LogP contribution in [0.15, 0.2) is 127 Å². The fourth-order valence-corrected chi connectivity index (χ4v) is 10.4. The number of nitrogens with one attached hydrogen (secondary N) is 3. The van der Waals surface area contributed by atoms with Crippen LogP contribution in [0.1, 0.15) is 102 Å². The molecule has 0 aliphatic carbocycles. The van der Waals surface area contributed by atoms with E-state index in [4.69, 9.17) is 4.74 Å². The van der Waals surface area contributed by atoms with Crippen molar-refractivity contribution in [3.05, 3.63) is 172 Å². The van der Waals surface area contributed by atoms with Gasteiger partial charge in [0.15, 0.2) is 5.52 Å². The SMILES string of the molecule is CC(CC(=O)N1CCC(O)(Cn2cnc3c(-c4ccc(CNCc5cnn(CCCCCCc6ccc(Cc7nc(C(=O)NC8COc9ccccc9N(C)C8=O)n[nH]7)cc6)c5)cc4)n(C)nc3c2=O)CC1)c1ccccc1. The number of anilines is 1. The van der Waals surface area contributed by atoms with Gasteiger partial charge >= 0.3 is 0 Å². The zero-order valence-corrected chi connectivity index (χ0v) is 44.5. The molecule has 404 valence electrons. The first kappa shape index (κ1) is 53.1. The average molecular weight is 1050 g/mol. The fourth-order valence-electron chi connectivity index (χ4n) is 10.4. The summed E-state index contributed by atoms with van der Waals surface area (Å²) in [6.45, 7) is 5.23. The topological polar surface area (TPSA) is 223 Å². The molecule has 1 fully saturated rings. The molecule has 0 bridgehead atoms. The minimum Gasteiger partial charge on any atom is -0.489 e. The molecule has 4 N–H and O–H groups in total. The Morgan fingerprint density at radius 2 is 1.56 bits per heavy atom. The van der Waals surface area contributed by atoms with E-state index < -0.39 is 17.6 Å². The first-order chi connectivity index (χ1) is 37.9. The highest BCUT2D eigenvalue weighted by atomic mass is 16.5. The van der Waals surface area contributed by atoms with E-state index in [0.29, 0.717) is 74.6 Å². The zero-order chi connectivity index (χ0) is 54.2. The highest BCUT2D eigenvalue weighted by Gasteiger charge is 2.36. The van der Waals surface area contributed by atoms with Crippen molar-refractivity contribution in [2.24, 2.45) is 7.05 Å². The number of rotatable bonds is 21. The van der Waals surface area contributed by atoms with Crippen molar-refractivity contribution in [1.82, 2.24) is 59.8 Å². The van der Waals surface area contributed by atoms with Gasteiger partial charge in [0, 0.05) is 77.0 Å². The number of para-hydroxylation sites is 2. The third-order valence-electron chi connectivity index (χ3n) is 15.0. The summed E-state index contributed by atoms with van der Waals surface area (Å²) in [4.78, 5) is 65.3. The predicted octanol–water partition coefficient (Wildman–Crippen LogP) is 6.50. The summed E-state index contributed by atoms with van der Waals surface area (Å²) in [7, 11) is 3.47. The Kier molecular flexibility index (Phi) is 16.3. The van der Waals surface area contributed by atoms with Crippen molar-refractivity contribution in [1.29, 1.82) is 0 Å². The van der Waals surface area contributed by atoms with E-state index in [-0.39, 0.29) is 47.8 Å². The van der Waals surface area contributed by atoms with Crippen LogP contribution >= 0.6 is 0 Å². The summed E-state index contributed by atoms with van der Waals surface area (Å²) in [5, 5.41) is 34.0. The van der Waals surface area contributed by atoms with E-state index in [0.717, 1.165) is 72.2 Å². The molecule has 0 radical (unpaired) electrons. The number of ether oxygens (including phenoxy) is 1. The van der Waals surface area contributed by atoms with Crippen molar-refractivity contribution in [2.45, 2.75) is 108 Å². The number of nitrogens with zero attached hydrogens (tertiary/aromatic N) is 10. The molecule has 10 rings (SSSR count). The molecule has 0 spiro atoms. The minimum atomic E-state index is -1.14. The van der Waals surface area contributed by atoms with Gasteiger partial charge in [0.2, 0.25) is 11.7 Å². The molecule has 0 saturated carbocycles. The monoisotopic (exact) mass is 1050 g/mol. The molecule has 19 heteroatoms. The van der Waals surface area contributed by atoms with Crippen LogP contribution in [0.25, 0.3) is 22.3 Å². The van der Waals surface area contributed by atoms with Gasteiger partial charge in [-0.15, -0.1) is 5.10 Å². The van der Waals surface area contributed by atoms with Crippen molar-refractivity contribution in [3.8, 4) is 17.0 Å². The average Bonchev–Trinajstić information content (AvgIpc) is 4.23. The highest BCUT2D eigenvalue weighted by molar-refractivity contribution is 6.02. The number of aryl methyl sites for hydroxylation is 3. The number of amides is 3. The lowest BCUT2D eigenvalue weighted by molar-refractivity contribution is -0.136. The molecule has 2 atom stereocenters. The normalized spacial score (nSPS) is 15.7. The predicted molar refractivity (Wildman–Crippen MR) is 296 cm³/mol. The maximum atomic E-state index is 13.8. The quantitative estimate of drug-likeness (QED) is 0.0567. The summed E-state index contributed by atoms with van der Waals surface area (Å²) in [6.07, 6.45) is 12.5. The molecule has 4 aromatic carbocycles. The van der Waals surface area contributed by atoms with E-state index in [1.165, 1.54) is 21.4 Å². The lowest BCUT2D eigenvalue weighted by atomic mass is 9.90. The van der Waals surface area contributed by atoms with Gasteiger partial charge < -0.3 is 30.3 Å². The van der Waals surface area contributed by atoms with Gasteiger partial charge in [-0.25, -0.2) is 9.97 Å². The first-order valence-electron chi connectivity index (χ1n) is 26.9. The number of aromatic nitrogens is 9. The van der Waals surface area contributed by atoms with E-state index in [9.17, 15) is 24.3 Å². The van der Waals surface area contributed by atoms with Crippen LogP contribution in [0, 0.1) is 0 Å². The Morgan fingerprint density at radius 3 is 2.36 bits per heavy atom. The van der Waals surface area contributed by atoms with Gasteiger partial charge in [0.25, 0.3) is 17.4 Å². The van der Waals surface area contributed by atoms with Crippen molar-refractivity contribution >= 4 is 34.4 Å². The molecule has 3 amide bonds. The standard InChI is InChI=1S/C59H67N13O6/c1-40(45-14-8-6-9-15-45)31-51(73)70-29-26-59(77,27-30-70)38-71-39-61-52-53(58(71)76)67-69(3)54(52)46-24-22-43(23-25-46)33-60-34-44-35-62-72(36-44)28-12-5-4-7-13-41-18-20-42(21-19-41)32-50-64-55(66-65-50)56(74)63-47-37-78-49-17-11-10-16-48(49)68(2)57(47)75/h6,8-11,14-25,35-36,39-40,47,60,77H,4-5,7,12-13,26-34,37-38H2,1-3H3,(H,63,74)(H,64,65,66). The second kappa shape index (κ2) is 23.9. The second-order valence-corrected chi connectivity index (χ2v) is 20.8. The number of hydrogen-bond acceptors (Lipinski definition) is 12. The van der Waals surface area contributed by atoms with Crippen LogP contribution in [-0.2, 0) is 55.7 Å². The molecule has 2 aliphatic rings. The van der Waals surface area contributed by atoms with E-state index >= 15 is 0 Å². The molecule has 2 aliphatic heterocycles. The second-order valence-electron chi connectivity index (χ2n) is 20.8. The van der Waals surface area contributed by atoms with Crippen LogP contribution < -0.4 is 25.8 Å². The Balaban J connectivity index is 0.612. The zero-order valence-electron chi connectivity index (χ0n) is 44.5. The molecule has 6 heterocycles. The van der Waals surface area contributed by atoms with Crippen molar-refractivity contribution < 1.29 is 24.2 Å². The van der Waals surface area contributed by atoms with Gasteiger partial charge in [-0.2, -0.15) is 10.2 Å². The van der Waals surface area contributed by atoms with Gasteiger partial charge in [-0.05, 0) is 72.4 Å². The van der Waals surface area contributed by atoms with Crippen LogP contribution in [0.5, 0.6) is 5.75 Å². The van der Waals surface area contributed by atoms with Crippen molar-refractivity contribution in [2.75, 3.05) is 31.6 Å². The van der Waals surface area contributed by atoms with E-state index in [1.54, 1.807) is 23.9 Å². The summed E-state index contributed by atoms with van der Waals surface area (Å²) in [6, 6.07) is 33.0. The molecule has 78 heavy (non-hydrogen) atoms. The van der Waals surface area contributed by atoms with Gasteiger partial charge in [0.1, 0.15) is 29.7 Å². The number of aliphatic hydroxyl groups is 1. The number of piperidine rings is 1. The van der Waals surface area contributed by atoms with Crippen LogP contribution in [0.3, 0.4) is 0 Å². The Labute approximate surface area is 452 Å². The number of likely N-dealkylation sites (tertiary alicyclic amines) is 1. The fraction of sp³-hybridized carbons (Fsp3) is 0.373. The lowest BCUT2D eigenvalue weighted by Gasteiger charge is -2.38. The first-order valence-corrected chi connectivity index (χ1v) is 26.9. The molecule has 19 nitrogen and oxygen atoms in total. The molecular weight excluding hydrogens is 987 g/mol. The van der Waals surface area contributed by atoms with E-state index in [2.05, 4.69) is 90.5 Å². The van der Waals surface area contributed by atoms with Gasteiger partial charge in [0.05, 0.1) is 36.1 Å². The number of unbranched alkanes of at least 4 members (excludes halogenated alkanes) is 3. The largest absolute Gasteiger partial charge is 0.489 e. The molecule has 2 unspecified atom stereocenters. The highest BCUT2D eigenvalue weighted by Crippen LogP contribution is 2.31. The maximum absolute atomic E-state index is 13.8. The third kappa shape index (κ3) is 12.6. The third-order valence-corrected chi connectivity index (χ3v) is 15.0. The summed E-state index contributed by atoms with van der Waals surface area (Å²) in [5.41, 5.74) is 7.27. The molecular formula is C59H67N13O6. The Morgan fingerprint density at radius 1 is 0.846 bits per heavy atom. The van der Waals surface area contributed by atoms with Crippen LogP contribution in [-0.4, -0.2) is 110 Å². The molecule has 1 saturated heterocycles. The summed E-state index contributed by atoms with van der Waals surface area (Å²) in [5.74, 6) is 0.448. The lowest BCUT2D eigenvalue weighted by Crippen LogP contribution is -2.49. The van der Waals surface area contributed by atoms with Crippen LogP contribution in [0.4, 0.5) is 5.69 Å². The van der Waals surface area contributed by atoms with Gasteiger partial charge in [-0.1, -0.05) is 111 Å². The maximum Gasteiger partial charge on any atom is 0.291 e. The molecule has 4 aromatic heterocycles. The Bertz CT molecular complexity index is 3410.